The maximum atomic E-state index is 12.1. The fraction of sp³-hybridized carbons (Fsp3) is 0.353. The molecule has 1 unspecified atom stereocenters. The van der Waals surface area contributed by atoms with Crippen molar-refractivity contribution >= 4 is 28.8 Å². The van der Waals surface area contributed by atoms with Gasteiger partial charge in [0, 0.05) is 30.0 Å². The summed E-state index contributed by atoms with van der Waals surface area (Å²) in [5, 5.41) is 2.97. The number of carbonyl (C=O) groups excluding carboxylic acids is 2. The minimum absolute atomic E-state index is 0.00879. The Morgan fingerprint density at radius 1 is 1.39 bits per heavy atom. The number of aromatic nitrogens is 1. The lowest BCUT2D eigenvalue weighted by Crippen LogP contribution is -2.37. The van der Waals surface area contributed by atoms with Crippen molar-refractivity contribution in [3.8, 4) is 0 Å². The standard InChI is InChI=1S/C17H19N3O2S/c1-12-15(23-11-18-12)7-8-16(21)19-13-9-17(22)20(10-13)14-5-3-2-4-6-14/h2-6,11,13H,7-10H2,1H3,(H,19,21). The van der Waals surface area contributed by atoms with Crippen LogP contribution in [-0.2, 0) is 16.0 Å². The SMILES string of the molecule is Cc1ncsc1CCC(=O)NC1CC(=O)N(c2ccccc2)C1. The van der Waals surface area contributed by atoms with Crippen LogP contribution in [0.25, 0.3) is 0 Å². The second kappa shape index (κ2) is 6.91. The van der Waals surface area contributed by atoms with E-state index in [1.54, 1.807) is 21.7 Å². The van der Waals surface area contributed by atoms with E-state index < -0.39 is 0 Å². The number of carbonyl (C=O) groups is 2. The Hall–Kier alpha value is -2.21. The minimum Gasteiger partial charge on any atom is -0.351 e. The Bertz CT molecular complexity index is 699. The Kier molecular flexibility index (Phi) is 4.71. The van der Waals surface area contributed by atoms with Crippen molar-refractivity contribution in [2.24, 2.45) is 0 Å². The minimum atomic E-state index is -0.113. The predicted molar refractivity (Wildman–Crippen MR) is 90.5 cm³/mol. The third kappa shape index (κ3) is 3.76. The normalized spacial score (nSPS) is 17.5. The highest BCUT2D eigenvalue weighted by Crippen LogP contribution is 2.21. The molecule has 1 aromatic carbocycles. The second-order valence-electron chi connectivity index (χ2n) is 5.67. The number of amides is 2. The Balaban J connectivity index is 1.52. The topological polar surface area (TPSA) is 62.3 Å². The second-order valence-corrected chi connectivity index (χ2v) is 6.61. The molecule has 1 aliphatic heterocycles. The molecule has 2 heterocycles. The highest BCUT2D eigenvalue weighted by molar-refractivity contribution is 7.09. The molecule has 1 aliphatic rings. The van der Waals surface area contributed by atoms with Gasteiger partial charge in [-0.3, -0.25) is 9.59 Å². The van der Waals surface area contributed by atoms with E-state index in [9.17, 15) is 9.59 Å². The number of nitrogens with one attached hydrogen (secondary N) is 1. The van der Waals surface area contributed by atoms with Crippen LogP contribution in [0.1, 0.15) is 23.4 Å². The van der Waals surface area contributed by atoms with Crippen LogP contribution in [0.4, 0.5) is 5.69 Å². The molecule has 5 nitrogen and oxygen atoms in total. The van der Waals surface area contributed by atoms with Crippen molar-refractivity contribution in [3.63, 3.8) is 0 Å². The molecule has 0 aliphatic carbocycles. The Morgan fingerprint density at radius 3 is 2.87 bits per heavy atom. The Morgan fingerprint density at radius 2 is 2.17 bits per heavy atom. The zero-order valence-corrected chi connectivity index (χ0v) is 13.8. The summed E-state index contributed by atoms with van der Waals surface area (Å²) in [5.41, 5.74) is 3.68. The predicted octanol–water partition coefficient (Wildman–Crippen LogP) is 2.31. The number of nitrogens with zero attached hydrogens (tertiary/aromatic N) is 2. The van der Waals surface area contributed by atoms with Crippen LogP contribution in [-0.4, -0.2) is 29.4 Å². The van der Waals surface area contributed by atoms with Crippen molar-refractivity contribution in [2.45, 2.75) is 32.2 Å². The van der Waals surface area contributed by atoms with Gasteiger partial charge in [0.05, 0.1) is 17.2 Å². The van der Waals surface area contributed by atoms with E-state index in [0.717, 1.165) is 16.3 Å². The molecule has 0 saturated carbocycles. The van der Waals surface area contributed by atoms with Gasteiger partial charge in [-0.15, -0.1) is 11.3 Å². The maximum Gasteiger partial charge on any atom is 0.229 e. The van der Waals surface area contributed by atoms with Gasteiger partial charge in [0.25, 0.3) is 0 Å². The highest BCUT2D eigenvalue weighted by Gasteiger charge is 2.31. The fourth-order valence-corrected chi connectivity index (χ4v) is 3.54. The maximum absolute atomic E-state index is 12.1. The molecule has 0 spiro atoms. The quantitative estimate of drug-likeness (QED) is 0.915. The molecule has 3 rings (SSSR count). The fourth-order valence-electron chi connectivity index (χ4n) is 2.75. The average Bonchev–Trinajstić information content (AvgIpc) is 3.12. The van der Waals surface area contributed by atoms with Gasteiger partial charge in [-0.1, -0.05) is 18.2 Å². The number of anilines is 1. The molecule has 0 radical (unpaired) electrons. The zero-order valence-electron chi connectivity index (χ0n) is 13.0. The van der Waals surface area contributed by atoms with Crippen molar-refractivity contribution in [1.82, 2.24) is 10.3 Å². The zero-order chi connectivity index (χ0) is 16.2. The van der Waals surface area contributed by atoms with Crippen molar-refractivity contribution < 1.29 is 9.59 Å². The molecule has 1 atom stereocenters. The van der Waals surface area contributed by atoms with Gasteiger partial charge < -0.3 is 10.2 Å². The number of hydrogen-bond acceptors (Lipinski definition) is 4. The summed E-state index contributed by atoms with van der Waals surface area (Å²) in [4.78, 5) is 31.3. The van der Waals surface area contributed by atoms with Crippen molar-refractivity contribution in [1.29, 1.82) is 0 Å². The first kappa shape index (κ1) is 15.7. The van der Waals surface area contributed by atoms with Crippen molar-refractivity contribution in [3.05, 3.63) is 46.4 Å². The molecule has 2 amide bonds. The first-order valence-corrected chi connectivity index (χ1v) is 8.55. The van der Waals surface area contributed by atoms with Gasteiger partial charge in [-0.25, -0.2) is 4.98 Å². The van der Waals surface area contributed by atoms with Crippen LogP contribution in [0, 0.1) is 6.92 Å². The lowest BCUT2D eigenvalue weighted by molar-refractivity contribution is -0.121. The molecule has 2 aromatic rings. The summed E-state index contributed by atoms with van der Waals surface area (Å²) in [6.07, 6.45) is 1.49. The van der Waals surface area contributed by atoms with Gasteiger partial charge >= 0.3 is 0 Å². The van der Waals surface area contributed by atoms with E-state index in [4.69, 9.17) is 0 Å². The number of thiazole rings is 1. The molecule has 120 valence electrons. The largest absolute Gasteiger partial charge is 0.351 e. The number of aryl methyl sites for hydroxylation is 2. The van der Waals surface area contributed by atoms with Crippen LogP contribution in [0.15, 0.2) is 35.8 Å². The molecule has 1 N–H and O–H groups in total. The van der Waals surface area contributed by atoms with E-state index >= 15 is 0 Å². The van der Waals surface area contributed by atoms with Crippen LogP contribution in [0.3, 0.4) is 0 Å². The van der Waals surface area contributed by atoms with Crippen LogP contribution in [0.5, 0.6) is 0 Å². The highest BCUT2D eigenvalue weighted by atomic mass is 32.1. The van der Waals surface area contributed by atoms with E-state index in [1.807, 2.05) is 37.3 Å². The lowest BCUT2D eigenvalue weighted by atomic mass is 10.2. The summed E-state index contributed by atoms with van der Waals surface area (Å²) in [6, 6.07) is 9.45. The summed E-state index contributed by atoms with van der Waals surface area (Å²) in [6.45, 7) is 2.49. The summed E-state index contributed by atoms with van der Waals surface area (Å²) < 4.78 is 0. The Labute approximate surface area is 139 Å². The number of hydrogen-bond donors (Lipinski definition) is 1. The number of benzene rings is 1. The molecule has 6 heteroatoms. The van der Waals surface area contributed by atoms with E-state index in [0.29, 0.717) is 25.8 Å². The summed E-state index contributed by atoms with van der Waals surface area (Å²) in [7, 11) is 0. The molecule has 23 heavy (non-hydrogen) atoms. The summed E-state index contributed by atoms with van der Waals surface area (Å²) >= 11 is 1.58. The first-order chi connectivity index (χ1) is 11.1. The van der Waals surface area contributed by atoms with Gasteiger partial charge in [-0.05, 0) is 25.5 Å². The van der Waals surface area contributed by atoms with E-state index in [2.05, 4.69) is 10.3 Å². The smallest absolute Gasteiger partial charge is 0.229 e. The third-order valence-electron chi connectivity index (χ3n) is 3.98. The monoisotopic (exact) mass is 329 g/mol. The van der Waals surface area contributed by atoms with Crippen LogP contribution < -0.4 is 10.2 Å². The van der Waals surface area contributed by atoms with Crippen LogP contribution >= 0.6 is 11.3 Å². The molecular weight excluding hydrogens is 310 g/mol. The average molecular weight is 329 g/mol. The van der Waals surface area contributed by atoms with Gasteiger partial charge in [0.15, 0.2) is 0 Å². The van der Waals surface area contributed by atoms with E-state index in [1.165, 1.54) is 0 Å². The number of para-hydroxylation sites is 1. The molecule has 1 aromatic heterocycles. The van der Waals surface area contributed by atoms with Gasteiger partial charge in [0.1, 0.15) is 0 Å². The van der Waals surface area contributed by atoms with Crippen molar-refractivity contribution in [2.75, 3.05) is 11.4 Å². The summed E-state index contributed by atoms with van der Waals surface area (Å²) in [5.74, 6) is 0.0466. The molecule has 1 fully saturated rings. The third-order valence-corrected chi connectivity index (χ3v) is 4.98. The number of rotatable bonds is 5. The lowest BCUT2D eigenvalue weighted by Gasteiger charge is -2.17. The van der Waals surface area contributed by atoms with Gasteiger partial charge in [0.2, 0.25) is 11.8 Å². The molecule has 0 bridgehead atoms. The molecule has 1 saturated heterocycles. The molecular formula is C17H19N3O2S. The van der Waals surface area contributed by atoms with Crippen LogP contribution in [0.2, 0.25) is 0 Å². The van der Waals surface area contributed by atoms with Gasteiger partial charge in [-0.2, -0.15) is 0 Å². The first-order valence-electron chi connectivity index (χ1n) is 7.67. The van der Waals surface area contributed by atoms with E-state index in [-0.39, 0.29) is 17.9 Å².